The standard InChI is InChI=1S/C31H38ClN5O6S/c1-44(39,40)21-25(38)20-42-17-16-41-15-14-36-10-12-37(13-11-36)30-28-8-4-23-18-26(43-19-22-2-5-24(32)6-3-22)7-9-27(23)29(28)34-31(33)35-30/h2-3,5-7,9,18H,4,8,10-17,19-21H2,1H3,(H2,33,34,35). The molecule has 236 valence electrons. The number of Topliss-reactive ketones (excluding diaryl/α,β-unsaturated/α-hetero) is 1. The van der Waals surface area contributed by atoms with Crippen LogP contribution in [0.5, 0.6) is 5.75 Å². The summed E-state index contributed by atoms with van der Waals surface area (Å²) < 4.78 is 39.2. The second kappa shape index (κ2) is 14.7. The van der Waals surface area contributed by atoms with Crippen molar-refractivity contribution in [2.75, 3.05) is 81.8 Å². The number of aromatic nitrogens is 2. The summed E-state index contributed by atoms with van der Waals surface area (Å²) in [6.45, 7) is 5.52. The van der Waals surface area contributed by atoms with Crippen molar-refractivity contribution >= 4 is 39.0 Å². The van der Waals surface area contributed by atoms with E-state index in [1.54, 1.807) is 0 Å². The Morgan fingerprint density at radius 2 is 1.73 bits per heavy atom. The molecule has 0 radical (unpaired) electrons. The highest BCUT2D eigenvalue weighted by molar-refractivity contribution is 7.91. The van der Waals surface area contributed by atoms with Gasteiger partial charge in [0.1, 0.15) is 30.5 Å². The number of carbonyl (C=O) groups is 1. The summed E-state index contributed by atoms with van der Waals surface area (Å²) in [5.41, 5.74) is 11.6. The minimum absolute atomic E-state index is 0.220. The molecule has 1 aliphatic carbocycles. The Bertz CT molecular complexity index is 1560. The Morgan fingerprint density at radius 3 is 2.48 bits per heavy atom. The fourth-order valence-electron chi connectivity index (χ4n) is 5.43. The topological polar surface area (TPSA) is 137 Å². The number of nitrogens with two attached hydrogens (primary N) is 1. The van der Waals surface area contributed by atoms with Crippen molar-refractivity contribution in [3.8, 4) is 17.0 Å². The molecule has 11 nitrogen and oxygen atoms in total. The quantitative estimate of drug-likeness (QED) is 0.260. The minimum atomic E-state index is -3.33. The molecule has 1 saturated heterocycles. The molecule has 2 heterocycles. The predicted molar refractivity (Wildman–Crippen MR) is 170 cm³/mol. The number of rotatable bonds is 14. The van der Waals surface area contributed by atoms with Crippen molar-refractivity contribution in [3.05, 3.63) is 64.2 Å². The second-order valence-electron chi connectivity index (χ2n) is 11.1. The lowest BCUT2D eigenvalue weighted by molar-refractivity contribution is -0.121. The molecule has 0 saturated carbocycles. The summed E-state index contributed by atoms with van der Waals surface area (Å²) in [4.78, 5) is 25.5. The smallest absolute Gasteiger partial charge is 0.222 e. The normalized spacial score (nSPS) is 15.1. The van der Waals surface area contributed by atoms with Crippen LogP contribution in [0, 0.1) is 0 Å². The van der Waals surface area contributed by atoms with E-state index < -0.39 is 21.4 Å². The summed E-state index contributed by atoms with van der Waals surface area (Å²) in [6, 6.07) is 13.8. The summed E-state index contributed by atoms with van der Waals surface area (Å²) in [6.07, 6.45) is 2.73. The lowest BCUT2D eigenvalue weighted by Gasteiger charge is -2.37. The largest absolute Gasteiger partial charge is 0.489 e. The molecule has 2 N–H and O–H groups in total. The number of sulfone groups is 1. The van der Waals surface area contributed by atoms with Crippen molar-refractivity contribution in [2.45, 2.75) is 19.4 Å². The van der Waals surface area contributed by atoms with Gasteiger partial charge in [-0.05, 0) is 54.3 Å². The van der Waals surface area contributed by atoms with Gasteiger partial charge < -0.3 is 24.8 Å². The maximum absolute atomic E-state index is 11.5. The lowest BCUT2D eigenvalue weighted by Crippen LogP contribution is -2.48. The Hall–Kier alpha value is -3.29. The third-order valence-electron chi connectivity index (χ3n) is 7.58. The molecule has 1 fully saturated rings. The van der Waals surface area contributed by atoms with Crippen LogP contribution in [0.25, 0.3) is 11.3 Å². The van der Waals surface area contributed by atoms with Crippen LogP contribution < -0.4 is 15.4 Å². The van der Waals surface area contributed by atoms with Crippen LogP contribution in [0.2, 0.25) is 5.02 Å². The molecular formula is C31H38ClN5O6S. The van der Waals surface area contributed by atoms with Crippen LogP contribution in [-0.4, -0.2) is 100 Å². The van der Waals surface area contributed by atoms with E-state index in [0.717, 1.165) is 85.8 Å². The Labute approximate surface area is 263 Å². The van der Waals surface area contributed by atoms with Crippen molar-refractivity contribution in [1.82, 2.24) is 14.9 Å². The number of ether oxygens (including phenoxy) is 3. The van der Waals surface area contributed by atoms with Crippen LogP contribution in [0.3, 0.4) is 0 Å². The molecule has 2 aliphatic rings. The lowest BCUT2D eigenvalue weighted by atomic mass is 9.88. The van der Waals surface area contributed by atoms with Crippen LogP contribution in [0.15, 0.2) is 42.5 Å². The molecule has 0 atom stereocenters. The Balaban J connectivity index is 1.10. The first-order valence-corrected chi connectivity index (χ1v) is 17.1. The average molecular weight is 644 g/mol. The highest BCUT2D eigenvalue weighted by atomic mass is 35.5. The van der Waals surface area contributed by atoms with Gasteiger partial charge in [-0.3, -0.25) is 9.69 Å². The van der Waals surface area contributed by atoms with E-state index in [4.69, 9.17) is 31.5 Å². The van der Waals surface area contributed by atoms with Crippen molar-refractivity contribution in [3.63, 3.8) is 0 Å². The molecule has 0 amide bonds. The number of piperazine rings is 1. The number of fused-ring (bicyclic) bond motifs is 3. The molecule has 0 bridgehead atoms. The number of aryl methyl sites for hydroxylation is 1. The first-order valence-electron chi connectivity index (χ1n) is 14.6. The molecular weight excluding hydrogens is 606 g/mol. The van der Waals surface area contributed by atoms with Gasteiger partial charge in [-0.25, -0.2) is 13.4 Å². The van der Waals surface area contributed by atoms with E-state index in [2.05, 4.69) is 31.9 Å². The third-order valence-corrected chi connectivity index (χ3v) is 8.68. The monoisotopic (exact) mass is 643 g/mol. The number of nitrogen functional groups attached to an aromatic ring is 1. The van der Waals surface area contributed by atoms with Gasteiger partial charge in [-0.2, -0.15) is 4.98 Å². The van der Waals surface area contributed by atoms with Crippen LogP contribution in [0.1, 0.15) is 16.7 Å². The van der Waals surface area contributed by atoms with Gasteiger partial charge in [0.2, 0.25) is 5.95 Å². The second-order valence-corrected chi connectivity index (χ2v) is 13.6. The number of anilines is 2. The van der Waals surface area contributed by atoms with E-state index in [0.29, 0.717) is 24.8 Å². The van der Waals surface area contributed by atoms with Crippen molar-refractivity contribution in [1.29, 1.82) is 0 Å². The summed E-state index contributed by atoms with van der Waals surface area (Å²) in [7, 11) is -3.33. The molecule has 3 aromatic rings. The molecule has 0 spiro atoms. The summed E-state index contributed by atoms with van der Waals surface area (Å²) in [5.74, 6) is 1.05. The number of hydrogen-bond acceptors (Lipinski definition) is 11. The molecule has 0 unspecified atom stereocenters. The zero-order valence-corrected chi connectivity index (χ0v) is 26.4. The van der Waals surface area contributed by atoms with Gasteiger partial charge in [-0.15, -0.1) is 0 Å². The number of carbonyl (C=O) groups excluding carboxylic acids is 1. The van der Waals surface area contributed by atoms with E-state index in [9.17, 15) is 13.2 Å². The average Bonchev–Trinajstić information content (AvgIpc) is 2.99. The van der Waals surface area contributed by atoms with E-state index in [1.165, 1.54) is 5.56 Å². The van der Waals surface area contributed by atoms with E-state index in [1.807, 2.05) is 30.3 Å². The maximum Gasteiger partial charge on any atom is 0.222 e. The zero-order chi connectivity index (χ0) is 31.1. The van der Waals surface area contributed by atoms with E-state index >= 15 is 0 Å². The number of nitrogens with zero attached hydrogens (tertiary/aromatic N) is 4. The summed E-state index contributed by atoms with van der Waals surface area (Å²) in [5, 5.41) is 0.704. The molecule has 2 aromatic carbocycles. The first-order chi connectivity index (χ1) is 21.1. The fourth-order valence-corrected chi connectivity index (χ4v) is 6.22. The zero-order valence-electron chi connectivity index (χ0n) is 24.8. The molecule has 1 aromatic heterocycles. The van der Waals surface area contributed by atoms with Gasteiger partial charge in [0.25, 0.3) is 0 Å². The van der Waals surface area contributed by atoms with Crippen LogP contribution in [0.4, 0.5) is 11.8 Å². The first kappa shape index (κ1) is 32.1. The van der Waals surface area contributed by atoms with Gasteiger partial charge in [0.05, 0.1) is 25.5 Å². The number of benzene rings is 2. The third kappa shape index (κ3) is 8.89. The van der Waals surface area contributed by atoms with Gasteiger partial charge >= 0.3 is 0 Å². The predicted octanol–water partition coefficient (Wildman–Crippen LogP) is 2.83. The van der Waals surface area contributed by atoms with Crippen LogP contribution in [-0.2, 0) is 43.6 Å². The van der Waals surface area contributed by atoms with Crippen LogP contribution >= 0.6 is 11.6 Å². The van der Waals surface area contributed by atoms with Gasteiger partial charge in [0, 0.05) is 55.1 Å². The highest BCUT2D eigenvalue weighted by Gasteiger charge is 2.27. The SMILES string of the molecule is CS(=O)(=O)CC(=O)COCCOCCN1CCN(c2nc(N)nc3c2CCc2cc(OCc4ccc(Cl)cc4)ccc2-3)CC1. The van der Waals surface area contributed by atoms with Gasteiger partial charge in [0.15, 0.2) is 15.6 Å². The molecule has 5 rings (SSSR count). The summed E-state index contributed by atoms with van der Waals surface area (Å²) >= 11 is 5.99. The Kier molecular flexibility index (Phi) is 10.7. The molecule has 13 heteroatoms. The van der Waals surface area contributed by atoms with Gasteiger partial charge in [-0.1, -0.05) is 23.7 Å². The number of hydrogen-bond donors (Lipinski definition) is 1. The highest BCUT2D eigenvalue weighted by Crippen LogP contribution is 2.38. The number of halogens is 1. The van der Waals surface area contributed by atoms with Crippen molar-refractivity contribution in [2.24, 2.45) is 0 Å². The molecule has 1 aliphatic heterocycles. The maximum atomic E-state index is 11.5. The van der Waals surface area contributed by atoms with Crippen molar-refractivity contribution < 1.29 is 27.4 Å². The van der Waals surface area contributed by atoms with E-state index in [-0.39, 0.29) is 19.2 Å². The Morgan fingerprint density at radius 1 is 0.977 bits per heavy atom. The fraction of sp³-hybridized carbons (Fsp3) is 0.452. The number of ketones is 1. The molecule has 44 heavy (non-hydrogen) atoms. The minimum Gasteiger partial charge on any atom is -0.489 e.